The van der Waals surface area contributed by atoms with Crippen LogP contribution in [0.1, 0.15) is 12.0 Å². The Morgan fingerprint density at radius 2 is 2.25 bits per heavy atom. The van der Waals surface area contributed by atoms with Crippen LogP contribution in [0.3, 0.4) is 0 Å². The number of thiophene rings is 1. The fourth-order valence-electron chi connectivity index (χ4n) is 1.38. The van der Waals surface area contributed by atoms with E-state index in [1.54, 1.807) is 11.3 Å². The topological polar surface area (TPSA) is 48.8 Å². The van der Waals surface area contributed by atoms with Crippen LogP contribution >= 0.6 is 11.3 Å². The third kappa shape index (κ3) is 2.34. The van der Waals surface area contributed by atoms with Gasteiger partial charge in [0.25, 0.3) is 0 Å². The summed E-state index contributed by atoms with van der Waals surface area (Å²) in [6.45, 7) is 0.436. The average Bonchev–Trinajstić information content (AvgIpc) is 2.73. The van der Waals surface area contributed by atoms with Crippen molar-refractivity contribution in [1.29, 1.82) is 0 Å². The van der Waals surface area contributed by atoms with Gasteiger partial charge in [-0.2, -0.15) is 0 Å². The van der Waals surface area contributed by atoms with E-state index in [-0.39, 0.29) is 0 Å². The summed E-state index contributed by atoms with van der Waals surface area (Å²) in [6, 6.07) is 8.20. The molecule has 0 saturated carbocycles. The minimum absolute atomic E-state index is 0.436. The Bertz CT molecular complexity index is 597. The summed E-state index contributed by atoms with van der Waals surface area (Å²) in [6.07, 6.45) is 0.605. The van der Waals surface area contributed by atoms with Gasteiger partial charge in [0.2, 0.25) is 0 Å². The summed E-state index contributed by atoms with van der Waals surface area (Å²) >= 11 is 1.70. The first-order valence-electron chi connectivity index (χ1n) is 4.88. The van der Waals surface area contributed by atoms with E-state index in [4.69, 9.17) is 5.53 Å². The molecular formula is C12H9N3S. The summed E-state index contributed by atoms with van der Waals surface area (Å²) < 4.78 is 1.25. The molecule has 2 rings (SSSR count). The van der Waals surface area contributed by atoms with Gasteiger partial charge in [0.1, 0.15) is 0 Å². The van der Waals surface area contributed by atoms with Gasteiger partial charge in [-0.05, 0) is 11.6 Å². The van der Waals surface area contributed by atoms with Crippen molar-refractivity contribution in [3.8, 4) is 11.8 Å². The van der Waals surface area contributed by atoms with E-state index in [0.29, 0.717) is 13.0 Å². The van der Waals surface area contributed by atoms with Crippen molar-refractivity contribution in [2.24, 2.45) is 5.11 Å². The van der Waals surface area contributed by atoms with Crippen LogP contribution < -0.4 is 0 Å². The van der Waals surface area contributed by atoms with Crippen molar-refractivity contribution in [2.75, 3.05) is 6.54 Å². The number of azide groups is 1. The molecule has 1 heterocycles. The molecule has 3 nitrogen and oxygen atoms in total. The lowest BCUT2D eigenvalue weighted by Gasteiger charge is -1.87. The highest BCUT2D eigenvalue weighted by atomic mass is 32.1. The first-order chi connectivity index (χ1) is 7.92. The van der Waals surface area contributed by atoms with E-state index < -0.39 is 0 Å². The summed E-state index contributed by atoms with van der Waals surface area (Å²) in [5.41, 5.74) is 9.16. The molecule has 0 aliphatic carbocycles. The molecule has 16 heavy (non-hydrogen) atoms. The van der Waals surface area contributed by atoms with Gasteiger partial charge >= 0.3 is 0 Å². The Morgan fingerprint density at radius 1 is 1.38 bits per heavy atom. The Labute approximate surface area is 97.3 Å². The maximum Gasteiger partial charge on any atom is 0.0431 e. The van der Waals surface area contributed by atoms with Gasteiger partial charge in [-0.25, -0.2) is 0 Å². The first kappa shape index (κ1) is 10.6. The molecule has 0 aliphatic rings. The minimum Gasteiger partial charge on any atom is -0.142 e. The maximum atomic E-state index is 8.10. The van der Waals surface area contributed by atoms with Crippen molar-refractivity contribution in [2.45, 2.75) is 6.42 Å². The molecule has 0 aliphatic heterocycles. The molecule has 2 aromatic rings. The van der Waals surface area contributed by atoms with Crippen LogP contribution in [0.2, 0.25) is 0 Å². The lowest BCUT2D eigenvalue weighted by atomic mass is 10.2. The van der Waals surface area contributed by atoms with E-state index in [1.165, 1.54) is 10.1 Å². The monoisotopic (exact) mass is 227 g/mol. The third-order valence-corrected chi connectivity index (χ3v) is 3.07. The minimum atomic E-state index is 0.436. The quantitative estimate of drug-likeness (QED) is 0.245. The normalized spacial score (nSPS) is 9.25. The molecule has 1 aromatic carbocycles. The number of fused-ring (bicyclic) bond motifs is 1. The molecule has 0 spiro atoms. The highest BCUT2D eigenvalue weighted by Gasteiger charge is 1.98. The van der Waals surface area contributed by atoms with Gasteiger partial charge in [0, 0.05) is 38.9 Å². The van der Waals surface area contributed by atoms with Crippen LogP contribution in [0.15, 0.2) is 34.8 Å². The summed E-state index contributed by atoms with van der Waals surface area (Å²) in [7, 11) is 0. The number of nitrogens with zero attached hydrogens (tertiary/aromatic N) is 3. The van der Waals surface area contributed by atoms with Crippen molar-refractivity contribution in [3.05, 3.63) is 45.7 Å². The molecule has 78 valence electrons. The van der Waals surface area contributed by atoms with Gasteiger partial charge in [-0.15, -0.1) is 11.3 Å². The Kier molecular flexibility index (Phi) is 3.45. The van der Waals surface area contributed by atoms with Gasteiger partial charge in [0.15, 0.2) is 0 Å². The van der Waals surface area contributed by atoms with Crippen LogP contribution in [-0.2, 0) is 0 Å². The van der Waals surface area contributed by atoms with Gasteiger partial charge in [-0.1, -0.05) is 35.2 Å². The van der Waals surface area contributed by atoms with Crippen LogP contribution in [-0.4, -0.2) is 6.54 Å². The van der Waals surface area contributed by atoms with E-state index in [0.717, 1.165) is 5.56 Å². The molecule has 4 heteroatoms. The lowest BCUT2D eigenvalue weighted by molar-refractivity contribution is 1.02. The van der Waals surface area contributed by atoms with Crippen LogP contribution in [0.4, 0.5) is 0 Å². The van der Waals surface area contributed by atoms with Crippen molar-refractivity contribution in [3.63, 3.8) is 0 Å². The Morgan fingerprint density at radius 3 is 3.12 bits per heavy atom. The molecule has 0 bridgehead atoms. The second-order valence-corrected chi connectivity index (χ2v) is 4.06. The van der Waals surface area contributed by atoms with Crippen LogP contribution in [0.5, 0.6) is 0 Å². The molecule has 1 aromatic heterocycles. The highest BCUT2D eigenvalue weighted by Crippen LogP contribution is 2.24. The molecule has 0 unspecified atom stereocenters. The Hall–Kier alpha value is -1.95. The lowest BCUT2D eigenvalue weighted by Crippen LogP contribution is -1.74. The van der Waals surface area contributed by atoms with Gasteiger partial charge in [0.05, 0.1) is 0 Å². The molecule has 0 atom stereocenters. The number of rotatable bonds is 2. The van der Waals surface area contributed by atoms with Crippen molar-refractivity contribution >= 4 is 21.4 Å². The number of hydrogen-bond donors (Lipinski definition) is 0. The van der Waals surface area contributed by atoms with E-state index >= 15 is 0 Å². The summed E-state index contributed by atoms with van der Waals surface area (Å²) in [5, 5.41) is 6.69. The van der Waals surface area contributed by atoms with E-state index in [9.17, 15) is 0 Å². The average molecular weight is 227 g/mol. The highest BCUT2D eigenvalue weighted by molar-refractivity contribution is 7.17. The van der Waals surface area contributed by atoms with Crippen LogP contribution in [0, 0.1) is 11.8 Å². The molecular weight excluding hydrogens is 218 g/mol. The Balaban J connectivity index is 2.18. The van der Waals surface area contributed by atoms with Crippen molar-refractivity contribution < 1.29 is 0 Å². The van der Waals surface area contributed by atoms with Gasteiger partial charge in [-0.3, -0.25) is 0 Å². The van der Waals surface area contributed by atoms with Crippen LogP contribution in [0.25, 0.3) is 20.5 Å². The second-order valence-electron chi connectivity index (χ2n) is 3.15. The fraction of sp³-hybridized carbons (Fsp3) is 0.167. The summed E-state index contributed by atoms with van der Waals surface area (Å²) in [5.74, 6) is 6.11. The molecule has 0 N–H and O–H groups in total. The number of hydrogen-bond acceptors (Lipinski definition) is 2. The second kappa shape index (κ2) is 5.22. The first-order valence-corrected chi connectivity index (χ1v) is 5.76. The molecule has 0 radical (unpaired) electrons. The van der Waals surface area contributed by atoms with E-state index in [1.807, 2.05) is 12.1 Å². The fourth-order valence-corrected chi connectivity index (χ4v) is 2.28. The zero-order chi connectivity index (χ0) is 11.2. The number of benzene rings is 1. The predicted octanol–water partition coefficient (Wildman–Crippen LogP) is 3.95. The SMILES string of the molecule is [N-]=[N+]=NCCC#Cc1csc2ccccc12. The zero-order valence-electron chi connectivity index (χ0n) is 8.55. The largest absolute Gasteiger partial charge is 0.142 e. The molecule has 0 saturated heterocycles. The smallest absolute Gasteiger partial charge is 0.0431 e. The predicted molar refractivity (Wildman–Crippen MR) is 67.3 cm³/mol. The third-order valence-electron chi connectivity index (χ3n) is 2.10. The molecule has 0 fully saturated rings. The van der Waals surface area contributed by atoms with E-state index in [2.05, 4.69) is 39.4 Å². The molecule has 0 amide bonds. The summed E-state index contributed by atoms with van der Waals surface area (Å²) in [4.78, 5) is 2.68. The zero-order valence-corrected chi connectivity index (χ0v) is 9.37. The van der Waals surface area contributed by atoms with Gasteiger partial charge < -0.3 is 0 Å². The maximum absolute atomic E-state index is 8.10. The standard InChI is InChI=1S/C12H9N3S/c13-15-14-8-4-3-5-10-9-16-12-7-2-1-6-11(10)12/h1-2,6-7,9H,4,8H2. The van der Waals surface area contributed by atoms with Crippen molar-refractivity contribution in [1.82, 2.24) is 0 Å².